The van der Waals surface area contributed by atoms with Crippen molar-refractivity contribution in [2.24, 2.45) is 0 Å². The minimum absolute atomic E-state index is 0.247. The van der Waals surface area contributed by atoms with Crippen molar-refractivity contribution in [3.8, 4) is 0 Å². The molecular weight excluding hydrogens is 346 g/mol. The lowest BCUT2D eigenvalue weighted by molar-refractivity contribution is -0.111. The van der Waals surface area contributed by atoms with Gasteiger partial charge in [-0.25, -0.2) is 4.79 Å². The number of benzene rings is 1. The van der Waals surface area contributed by atoms with Gasteiger partial charge < -0.3 is 10.1 Å². The van der Waals surface area contributed by atoms with Gasteiger partial charge in [0.25, 0.3) is 0 Å². The van der Waals surface area contributed by atoms with E-state index in [2.05, 4.69) is 31.3 Å². The van der Waals surface area contributed by atoms with Crippen LogP contribution in [0.4, 0.5) is 5.00 Å². The number of hydrogen-bond acceptors (Lipinski definition) is 4. The van der Waals surface area contributed by atoms with E-state index in [4.69, 9.17) is 4.74 Å². The molecule has 2 aromatic rings. The van der Waals surface area contributed by atoms with Crippen LogP contribution in [0.1, 0.15) is 58.1 Å². The highest BCUT2D eigenvalue weighted by atomic mass is 32.1. The summed E-state index contributed by atoms with van der Waals surface area (Å²) in [5, 5.41) is 3.44. The molecule has 0 unspecified atom stereocenters. The molecule has 0 saturated heterocycles. The molecule has 0 radical (unpaired) electrons. The third-order valence-electron chi connectivity index (χ3n) is 4.58. The third-order valence-corrected chi connectivity index (χ3v) is 5.79. The van der Waals surface area contributed by atoms with Crippen LogP contribution in [-0.2, 0) is 22.4 Å². The van der Waals surface area contributed by atoms with Gasteiger partial charge in [0.1, 0.15) is 5.00 Å². The molecule has 4 nitrogen and oxygen atoms in total. The molecule has 136 valence electrons. The number of hydrogen-bond donors (Lipinski definition) is 1. The van der Waals surface area contributed by atoms with E-state index in [-0.39, 0.29) is 11.9 Å². The number of esters is 1. The predicted octanol–water partition coefficient (Wildman–Crippen LogP) is 4.80. The second kappa shape index (κ2) is 7.87. The highest BCUT2D eigenvalue weighted by Gasteiger charge is 2.27. The van der Waals surface area contributed by atoms with Crippen molar-refractivity contribution >= 4 is 34.3 Å². The average molecular weight is 369 g/mol. The minimum atomic E-state index is -0.382. The van der Waals surface area contributed by atoms with Crippen LogP contribution in [0.2, 0.25) is 0 Å². The van der Waals surface area contributed by atoms with Crippen molar-refractivity contribution < 1.29 is 14.3 Å². The Labute approximate surface area is 157 Å². The lowest BCUT2D eigenvalue weighted by atomic mass is 10.0. The number of carbonyl (C=O) groups excluding carboxylic acids is 2. The molecule has 26 heavy (non-hydrogen) atoms. The van der Waals surface area contributed by atoms with E-state index in [1.807, 2.05) is 12.1 Å². The third kappa shape index (κ3) is 3.88. The summed E-state index contributed by atoms with van der Waals surface area (Å²) < 4.78 is 4.90. The molecule has 0 spiro atoms. The first-order valence-corrected chi connectivity index (χ1v) is 9.63. The number of thiophene rings is 1. The fraction of sp³-hybridized carbons (Fsp3) is 0.333. The molecule has 1 aliphatic rings. The monoisotopic (exact) mass is 369 g/mol. The minimum Gasteiger partial charge on any atom is -0.465 e. The van der Waals surface area contributed by atoms with E-state index < -0.39 is 0 Å². The van der Waals surface area contributed by atoms with E-state index in [0.717, 1.165) is 30.4 Å². The molecule has 1 heterocycles. The quantitative estimate of drug-likeness (QED) is 0.608. The highest BCUT2D eigenvalue weighted by molar-refractivity contribution is 7.17. The first-order chi connectivity index (χ1) is 12.5. The summed E-state index contributed by atoms with van der Waals surface area (Å²) in [6, 6.07) is 8.14. The van der Waals surface area contributed by atoms with Gasteiger partial charge in [-0.3, -0.25) is 4.79 Å². The van der Waals surface area contributed by atoms with Gasteiger partial charge in [0.05, 0.1) is 12.7 Å². The van der Waals surface area contributed by atoms with Crippen LogP contribution in [0.5, 0.6) is 0 Å². The van der Waals surface area contributed by atoms with Crippen LogP contribution in [0.15, 0.2) is 30.3 Å². The maximum atomic E-state index is 12.3. The van der Waals surface area contributed by atoms with Crippen molar-refractivity contribution in [3.63, 3.8) is 0 Å². The summed E-state index contributed by atoms with van der Waals surface area (Å²) in [4.78, 5) is 25.6. The van der Waals surface area contributed by atoms with Gasteiger partial charge in [-0.05, 0) is 47.9 Å². The molecule has 1 amide bonds. The topological polar surface area (TPSA) is 55.4 Å². The summed E-state index contributed by atoms with van der Waals surface area (Å²) in [5.41, 5.74) is 3.78. The zero-order valence-corrected chi connectivity index (χ0v) is 16.1. The summed E-state index contributed by atoms with van der Waals surface area (Å²) in [7, 11) is 1.37. The van der Waals surface area contributed by atoms with Gasteiger partial charge in [-0.15, -0.1) is 11.3 Å². The van der Waals surface area contributed by atoms with E-state index in [0.29, 0.717) is 16.5 Å². The van der Waals surface area contributed by atoms with Gasteiger partial charge in [-0.2, -0.15) is 0 Å². The number of anilines is 1. The maximum absolute atomic E-state index is 12.3. The SMILES string of the molecule is COC(=O)c1c(NC(=O)/C=C\c2ccc(C(C)C)cc2)sc2c1CCC2. The Morgan fingerprint density at radius 1 is 1.19 bits per heavy atom. The molecule has 1 aliphatic carbocycles. The molecule has 0 saturated carbocycles. The highest BCUT2D eigenvalue weighted by Crippen LogP contribution is 2.39. The molecule has 3 rings (SSSR count). The van der Waals surface area contributed by atoms with Gasteiger partial charge >= 0.3 is 5.97 Å². The van der Waals surface area contributed by atoms with Crippen LogP contribution >= 0.6 is 11.3 Å². The van der Waals surface area contributed by atoms with Crippen LogP contribution in [0, 0.1) is 0 Å². The Balaban J connectivity index is 1.73. The number of nitrogens with one attached hydrogen (secondary N) is 1. The second-order valence-electron chi connectivity index (χ2n) is 6.70. The lowest BCUT2D eigenvalue weighted by Crippen LogP contribution is -2.12. The van der Waals surface area contributed by atoms with E-state index in [9.17, 15) is 9.59 Å². The van der Waals surface area contributed by atoms with Crippen molar-refractivity contribution in [2.75, 3.05) is 12.4 Å². The molecule has 5 heteroatoms. The number of carbonyl (C=O) groups is 2. The largest absolute Gasteiger partial charge is 0.465 e. The summed E-state index contributed by atoms with van der Waals surface area (Å²) >= 11 is 1.48. The van der Waals surface area contributed by atoms with Crippen LogP contribution in [0.3, 0.4) is 0 Å². The number of methoxy groups -OCH3 is 1. The summed E-state index contributed by atoms with van der Waals surface area (Å²) in [6.07, 6.45) is 6.14. The number of ether oxygens (including phenoxy) is 1. The van der Waals surface area contributed by atoms with E-state index in [1.165, 1.54) is 35.0 Å². The molecule has 0 aliphatic heterocycles. The Bertz CT molecular complexity index is 847. The van der Waals surface area contributed by atoms with Gasteiger partial charge in [0.2, 0.25) is 5.91 Å². The number of amides is 1. The Hall–Kier alpha value is -2.40. The average Bonchev–Trinajstić information content (AvgIpc) is 3.20. The molecule has 0 fully saturated rings. The number of aryl methyl sites for hydroxylation is 1. The standard InChI is InChI=1S/C21H23NO3S/c1-13(2)15-10-7-14(8-11-15)9-12-18(23)22-20-19(21(24)25-3)16-5-4-6-17(16)26-20/h7-13H,4-6H2,1-3H3,(H,22,23)/b12-9-. The Kier molecular flexibility index (Phi) is 5.57. The van der Waals surface area contributed by atoms with Crippen LogP contribution in [0.25, 0.3) is 6.08 Å². The van der Waals surface area contributed by atoms with Crippen molar-refractivity contribution in [1.82, 2.24) is 0 Å². The summed E-state index contributed by atoms with van der Waals surface area (Å²) in [6.45, 7) is 4.30. The van der Waals surface area contributed by atoms with Gasteiger partial charge in [-0.1, -0.05) is 38.1 Å². The molecule has 1 aromatic carbocycles. The first-order valence-electron chi connectivity index (χ1n) is 8.81. The first kappa shape index (κ1) is 18.4. The smallest absolute Gasteiger partial charge is 0.341 e. The van der Waals surface area contributed by atoms with Crippen molar-refractivity contribution in [2.45, 2.75) is 39.0 Å². The lowest BCUT2D eigenvalue weighted by Gasteiger charge is -2.06. The van der Waals surface area contributed by atoms with E-state index in [1.54, 1.807) is 6.08 Å². The Morgan fingerprint density at radius 2 is 1.92 bits per heavy atom. The molecule has 0 atom stereocenters. The molecule has 0 bridgehead atoms. The number of rotatable bonds is 5. The van der Waals surface area contributed by atoms with Crippen molar-refractivity contribution in [1.29, 1.82) is 0 Å². The van der Waals surface area contributed by atoms with Gasteiger partial charge in [0.15, 0.2) is 0 Å². The van der Waals surface area contributed by atoms with Crippen LogP contribution in [-0.4, -0.2) is 19.0 Å². The van der Waals surface area contributed by atoms with Crippen LogP contribution < -0.4 is 5.32 Å². The zero-order chi connectivity index (χ0) is 18.7. The zero-order valence-electron chi connectivity index (χ0n) is 15.3. The Morgan fingerprint density at radius 3 is 2.58 bits per heavy atom. The van der Waals surface area contributed by atoms with Crippen molar-refractivity contribution in [3.05, 3.63) is 57.5 Å². The molecule has 1 aromatic heterocycles. The predicted molar refractivity (Wildman–Crippen MR) is 106 cm³/mol. The maximum Gasteiger partial charge on any atom is 0.341 e. The molecule has 1 N–H and O–H groups in total. The van der Waals surface area contributed by atoms with E-state index >= 15 is 0 Å². The van der Waals surface area contributed by atoms with Gasteiger partial charge in [0, 0.05) is 11.0 Å². The summed E-state index contributed by atoms with van der Waals surface area (Å²) in [5.74, 6) is -0.148. The second-order valence-corrected chi connectivity index (χ2v) is 7.80. The fourth-order valence-corrected chi connectivity index (χ4v) is 4.41. The normalized spacial score (nSPS) is 13.2. The number of fused-ring (bicyclic) bond motifs is 1. The fourth-order valence-electron chi connectivity index (χ4n) is 3.13. The molecular formula is C21H23NO3S.